The summed E-state index contributed by atoms with van der Waals surface area (Å²) < 4.78 is 80.5. The minimum Gasteiger partial charge on any atom is -0.340 e. The Hall–Kier alpha value is -4.47. The summed E-state index contributed by atoms with van der Waals surface area (Å²) in [4.78, 5) is 29.8. The van der Waals surface area contributed by atoms with E-state index in [1.165, 1.54) is 24.3 Å². The summed E-state index contributed by atoms with van der Waals surface area (Å²) in [6.07, 6.45) is -8.42. The summed E-state index contributed by atoms with van der Waals surface area (Å²) in [6, 6.07) is 17.5. The molecule has 0 spiro atoms. The molecule has 0 radical (unpaired) electrons. The van der Waals surface area contributed by atoms with Crippen LogP contribution in [0.25, 0.3) is 0 Å². The molecule has 1 aromatic heterocycles. The molecule has 4 rings (SSSR count). The van der Waals surface area contributed by atoms with Crippen molar-refractivity contribution in [2.45, 2.75) is 18.4 Å². The Kier molecular flexibility index (Phi) is 7.34. The molecule has 38 heavy (non-hydrogen) atoms. The molecule has 194 valence electrons. The zero-order valence-corrected chi connectivity index (χ0v) is 19.3. The summed E-state index contributed by atoms with van der Waals surface area (Å²) in [5.41, 5.74) is -2.29. The highest BCUT2D eigenvalue weighted by molar-refractivity contribution is 6.10. The third-order valence-electron chi connectivity index (χ3n) is 5.69. The van der Waals surface area contributed by atoms with E-state index in [1.54, 1.807) is 30.3 Å². The maximum Gasteiger partial charge on any atom is 0.418 e. The molecule has 0 fully saturated rings. The molecule has 0 saturated heterocycles. The van der Waals surface area contributed by atoms with Crippen molar-refractivity contribution >= 4 is 11.7 Å². The van der Waals surface area contributed by atoms with Crippen molar-refractivity contribution < 1.29 is 35.9 Å². The average molecular weight is 528 g/mol. The van der Waals surface area contributed by atoms with Gasteiger partial charge >= 0.3 is 12.4 Å². The van der Waals surface area contributed by atoms with E-state index in [2.05, 4.69) is 10.3 Å². The molecule has 0 bridgehead atoms. The number of alkyl halides is 6. The summed E-state index contributed by atoms with van der Waals surface area (Å²) in [5.74, 6) is -1.22. The lowest BCUT2D eigenvalue weighted by molar-refractivity contribution is -0.139. The number of rotatable bonds is 6. The lowest BCUT2D eigenvalue weighted by Gasteiger charge is -2.23. The number of nitrogens with one attached hydrogen (secondary N) is 1. The summed E-state index contributed by atoms with van der Waals surface area (Å²) >= 11 is 0. The summed E-state index contributed by atoms with van der Waals surface area (Å²) in [7, 11) is 0. The van der Waals surface area contributed by atoms with Crippen LogP contribution in [0.5, 0.6) is 0 Å². The minimum atomic E-state index is -4.85. The molecule has 10 heteroatoms. The summed E-state index contributed by atoms with van der Waals surface area (Å²) in [5, 5.41) is 2.45. The molecular formula is C28H18F6N2O2. The Morgan fingerprint density at radius 1 is 0.684 bits per heavy atom. The number of carbonyl (C=O) groups is 2. The number of carbonyl (C=O) groups excluding carboxylic acids is 2. The normalized spacial score (nSPS) is 12.6. The first kappa shape index (κ1) is 26.6. The van der Waals surface area contributed by atoms with Crippen LogP contribution in [-0.2, 0) is 12.4 Å². The van der Waals surface area contributed by atoms with E-state index < -0.39 is 41.1 Å². The molecule has 0 aliphatic carbocycles. The Balaban J connectivity index is 1.72. The predicted molar refractivity (Wildman–Crippen MR) is 126 cm³/mol. The van der Waals surface area contributed by atoms with Gasteiger partial charge in [-0.1, -0.05) is 54.6 Å². The SMILES string of the molecule is O=C(NC(c1ccc(C(F)(F)F)cc1)c1ncccc1C(F)(F)F)c1cccc(C(=O)c2ccccc2)c1. The van der Waals surface area contributed by atoms with Crippen LogP contribution in [0.1, 0.15) is 54.7 Å². The van der Waals surface area contributed by atoms with Crippen LogP contribution in [0.4, 0.5) is 26.3 Å². The van der Waals surface area contributed by atoms with Crippen LogP contribution in [0.15, 0.2) is 97.2 Å². The highest BCUT2D eigenvalue weighted by Crippen LogP contribution is 2.36. The molecule has 3 aromatic carbocycles. The quantitative estimate of drug-likeness (QED) is 0.220. The maximum atomic E-state index is 13.8. The molecular weight excluding hydrogens is 510 g/mol. The maximum absolute atomic E-state index is 13.8. The molecule has 0 aliphatic heterocycles. The lowest BCUT2D eigenvalue weighted by Crippen LogP contribution is -2.32. The van der Waals surface area contributed by atoms with Gasteiger partial charge in [-0.25, -0.2) is 0 Å². The first-order valence-electron chi connectivity index (χ1n) is 11.1. The molecule has 1 heterocycles. The molecule has 4 nitrogen and oxygen atoms in total. The number of hydrogen-bond donors (Lipinski definition) is 1. The third kappa shape index (κ3) is 5.91. The van der Waals surface area contributed by atoms with Gasteiger partial charge < -0.3 is 5.32 Å². The topological polar surface area (TPSA) is 59.1 Å². The standard InChI is InChI=1S/C28H18F6N2O2/c29-27(30,31)21-13-11-17(12-14-21)23(24-22(28(32,33)34)10-5-15-35-24)36-26(38)20-9-4-8-19(16-20)25(37)18-6-2-1-3-7-18/h1-16,23H,(H,36,38). The minimum absolute atomic E-state index is 0.0341. The van der Waals surface area contributed by atoms with E-state index in [0.29, 0.717) is 17.7 Å². The summed E-state index contributed by atoms with van der Waals surface area (Å²) in [6.45, 7) is 0. The van der Waals surface area contributed by atoms with Crippen LogP contribution >= 0.6 is 0 Å². The fourth-order valence-electron chi connectivity index (χ4n) is 3.83. The Morgan fingerprint density at radius 2 is 1.32 bits per heavy atom. The highest BCUT2D eigenvalue weighted by atomic mass is 19.4. The van der Waals surface area contributed by atoms with Crippen molar-refractivity contribution in [3.8, 4) is 0 Å². The largest absolute Gasteiger partial charge is 0.418 e. The Labute approximate surface area is 213 Å². The zero-order chi connectivity index (χ0) is 27.5. The van der Waals surface area contributed by atoms with Crippen molar-refractivity contribution in [1.82, 2.24) is 10.3 Å². The molecule has 0 saturated carbocycles. The van der Waals surface area contributed by atoms with E-state index >= 15 is 0 Å². The van der Waals surface area contributed by atoms with Gasteiger partial charge in [-0.05, 0) is 42.0 Å². The Morgan fingerprint density at radius 3 is 1.95 bits per heavy atom. The van der Waals surface area contributed by atoms with Gasteiger partial charge in [-0.15, -0.1) is 0 Å². The Bertz CT molecular complexity index is 1450. The molecule has 4 aromatic rings. The number of hydrogen-bond acceptors (Lipinski definition) is 3. The third-order valence-corrected chi connectivity index (χ3v) is 5.69. The smallest absolute Gasteiger partial charge is 0.340 e. The molecule has 0 aliphatic rings. The first-order chi connectivity index (χ1) is 17.9. The van der Waals surface area contributed by atoms with Crippen LogP contribution in [0.3, 0.4) is 0 Å². The van der Waals surface area contributed by atoms with E-state index in [-0.39, 0.29) is 22.5 Å². The molecule has 1 atom stereocenters. The second kappa shape index (κ2) is 10.5. The van der Waals surface area contributed by atoms with Gasteiger partial charge in [0, 0.05) is 22.9 Å². The number of aromatic nitrogens is 1. The van der Waals surface area contributed by atoms with Crippen molar-refractivity contribution in [3.63, 3.8) is 0 Å². The van der Waals surface area contributed by atoms with Crippen LogP contribution < -0.4 is 5.32 Å². The zero-order valence-electron chi connectivity index (χ0n) is 19.3. The van der Waals surface area contributed by atoms with Gasteiger partial charge in [0.25, 0.3) is 5.91 Å². The van der Waals surface area contributed by atoms with Crippen LogP contribution in [-0.4, -0.2) is 16.7 Å². The average Bonchev–Trinajstić information content (AvgIpc) is 2.91. The number of nitrogens with zero attached hydrogens (tertiary/aromatic N) is 1. The van der Waals surface area contributed by atoms with Crippen molar-refractivity contribution in [2.75, 3.05) is 0 Å². The number of benzene rings is 3. The second-order valence-corrected chi connectivity index (χ2v) is 8.24. The molecule has 1 N–H and O–H groups in total. The highest BCUT2D eigenvalue weighted by Gasteiger charge is 2.37. The van der Waals surface area contributed by atoms with Crippen molar-refractivity contribution in [3.05, 3.63) is 136 Å². The van der Waals surface area contributed by atoms with Gasteiger partial charge in [0.2, 0.25) is 0 Å². The van der Waals surface area contributed by atoms with E-state index in [0.717, 1.165) is 30.5 Å². The van der Waals surface area contributed by atoms with Crippen molar-refractivity contribution in [1.29, 1.82) is 0 Å². The van der Waals surface area contributed by atoms with Gasteiger partial charge in [-0.3, -0.25) is 14.6 Å². The monoisotopic (exact) mass is 528 g/mol. The second-order valence-electron chi connectivity index (χ2n) is 8.24. The fraction of sp³-hybridized carbons (Fsp3) is 0.107. The van der Waals surface area contributed by atoms with Gasteiger partial charge in [0.15, 0.2) is 5.78 Å². The first-order valence-corrected chi connectivity index (χ1v) is 11.1. The van der Waals surface area contributed by atoms with Crippen molar-refractivity contribution in [2.24, 2.45) is 0 Å². The number of pyridine rings is 1. The van der Waals surface area contributed by atoms with Gasteiger partial charge in [-0.2, -0.15) is 26.3 Å². The predicted octanol–water partition coefficient (Wildman–Crippen LogP) is 6.87. The molecule has 1 amide bonds. The van der Waals surface area contributed by atoms with E-state index in [1.807, 2.05) is 0 Å². The lowest BCUT2D eigenvalue weighted by atomic mass is 9.96. The van der Waals surface area contributed by atoms with Crippen LogP contribution in [0.2, 0.25) is 0 Å². The van der Waals surface area contributed by atoms with Crippen LogP contribution in [0, 0.1) is 0 Å². The van der Waals surface area contributed by atoms with Gasteiger partial charge in [0.05, 0.1) is 22.9 Å². The fourth-order valence-corrected chi connectivity index (χ4v) is 3.83. The van der Waals surface area contributed by atoms with Gasteiger partial charge in [0.1, 0.15) is 0 Å². The van der Waals surface area contributed by atoms with E-state index in [9.17, 15) is 35.9 Å². The number of halogens is 6. The van der Waals surface area contributed by atoms with E-state index in [4.69, 9.17) is 0 Å². The number of amides is 1. The number of ketones is 1. The molecule has 1 unspecified atom stereocenters.